The van der Waals surface area contributed by atoms with Gasteiger partial charge in [0.25, 0.3) is 15.7 Å². The molecular formula is C9H10N6O4S2. The number of aryl methyl sites for hydroxylation is 1. The number of nitrogen functional groups attached to an aromatic ring is 1. The molecule has 4 N–H and O–H groups in total. The summed E-state index contributed by atoms with van der Waals surface area (Å²) in [4.78, 5) is 9.72. The van der Waals surface area contributed by atoms with Crippen LogP contribution in [0.4, 0.5) is 16.5 Å². The van der Waals surface area contributed by atoms with Gasteiger partial charge in [-0.1, -0.05) is 11.3 Å². The van der Waals surface area contributed by atoms with Crippen molar-refractivity contribution >= 4 is 37.9 Å². The zero-order valence-electron chi connectivity index (χ0n) is 10.6. The maximum Gasteiger partial charge on any atom is 0.291 e. The number of nitrogens with two attached hydrogens (primary N) is 1. The van der Waals surface area contributed by atoms with Gasteiger partial charge in [0.15, 0.2) is 4.90 Å². The summed E-state index contributed by atoms with van der Waals surface area (Å²) >= 11 is 1.02. The molecular weight excluding hydrogens is 320 g/mol. The molecule has 0 saturated carbocycles. The number of hydrogen-bond donors (Lipinski definition) is 3. The van der Waals surface area contributed by atoms with Crippen molar-refractivity contribution in [3.8, 4) is 0 Å². The van der Waals surface area contributed by atoms with E-state index in [0.717, 1.165) is 23.5 Å². The summed E-state index contributed by atoms with van der Waals surface area (Å²) in [5.41, 5.74) is 1.83. The van der Waals surface area contributed by atoms with Gasteiger partial charge in [0.05, 0.1) is 10.6 Å². The Hall–Kier alpha value is -2.31. The van der Waals surface area contributed by atoms with E-state index < -0.39 is 25.5 Å². The van der Waals surface area contributed by atoms with E-state index in [1.165, 1.54) is 6.07 Å². The van der Waals surface area contributed by atoms with Crippen LogP contribution < -0.4 is 16.0 Å². The standard InChI is InChI=1S/C9H10N6O4S2/c1-5-12-13-9(20-5)14-21(18,19)8-3-2-6(11-10)4-7(8)15(16)17/h2-4,11H,10H2,1H3,(H,13,14). The molecule has 112 valence electrons. The summed E-state index contributed by atoms with van der Waals surface area (Å²) < 4.78 is 26.6. The second-order valence-electron chi connectivity index (χ2n) is 3.82. The highest BCUT2D eigenvalue weighted by Crippen LogP contribution is 2.29. The number of hydrogen-bond acceptors (Lipinski definition) is 9. The van der Waals surface area contributed by atoms with E-state index in [4.69, 9.17) is 5.84 Å². The zero-order chi connectivity index (χ0) is 15.6. The van der Waals surface area contributed by atoms with Crippen LogP contribution in [0.1, 0.15) is 5.01 Å². The number of benzene rings is 1. The van der Waals surface area contributed by atoms with Gasteiger partial charge in [0.1, 0.15) is 5.01 Å². The first-order valence-electron chi connectivity index (χ1n) is 5.41. The minimum Gasteiger partial charge on any atom is -0.324 e. The third-order valence-electron chi connectivity index (χ3n) is 2.36. The number of hydrazine groups is 1. The highest BCUT2D eigenvalue weighted by molar-refractivity contribution is 7.93. The van der Waals surface area contributed by atoms with Crippen molar-refractivity contribution in [1.29, 1.82) is 0 Å². The van der Waals surface area contributed by atoms with Crippen LogP contribution in [-0.4, -0.2) is 23.5 Å². The summed E-state index contributed by atoms with van der Waals surface area (Å²) in [6.07, 6.45) is 0. The monoisotopic (exact) mass is 330 g/mol. The summed E-state index contributed by atoms with van der Waals surface area (Å²) in [6.45, 7) is 1.65. The number of aromatic nitrogens is 2. The van der Waals surface area contributed by atoms with Crippen LogP contribution in [0.15, 0.2) is 23.1 Å². The number of nitrogens with one attached hydrogen (secondary N) is 2. The molecule has 0 saturated heterocycles. The maximum atomic E-state index is 12.2. The number of nitrogens with zero attached hydrogens (tertiary/aromatic N) is 3. The molecule has 0 bridgehead atoms. The largest absolute Gasteiger partial charge is 0.324 e. The highest BCUT2D eigenvalue weighted by atomic mass is 32.2. The topological polar surface area (TPSA) is 153 Å². The number of rotatable bonds is 5. The third kappa shape index (κ3) is 3.24. The molecule has 0 aliphatic rings. The lowest BCUT2D eigenvalue weighted by Gasteiger charge is -2.07. The number of nitro benzene ring substituents is 1. The molecule has 21 heavy (non-hydrogen) atoms. The van der Waals surface area contributed by atoms with Gasteiger partial charge in [-0.05, 0) is 19.1 Å². The number of nitro groups is 1. The predicted molar refractivity (Wildman–Crippen MR) is 76.4 cm³/mol. The molecule has 12 heteroatoms. The first-order valence-corrected chi connectivity index (χ1v) is 7.71. The summed E-state index contributed by atoms with van der Waals surface area (Å²) in [6, 6.07) is 3.43. The van der Waals surface area contributed by atoms with Gasteiger partial charge in [-0.3, -0.25) is 20.7 Å². The Morgan fingerprint density at radius 3 is 2.62 bits per heavy atom. The molecule has 0 fully saturated rings. The van der Waals surface area contributed by atoms with Crippen molar-refractivity contribution in [2.75, 3.05) is 10.1 Å². The van der Waals surface area contributed by atoms with Gasteiger partial charge in [0, 0.05) is 6.07 Å². The molecule has 0 spiro atoms. The van der Waals surface area contributed by atoms with Crippen molar-refractivity contribution in [3.63, 3.8) is 0 Å². The second-order valence-corrected chi connectivity index (χ2v) is 6.65. The van der Waals surface area contributed by atoms with Crippen LogP contribution in [0.2, 0.25) is 0 Å². The molecule has 0 atom stereocenters. The number of anilines is 2. The van der Waals surface area contributed by atoms with Crippen LogP contribution >= 0.6 is 11.3 Å². The third-order valence-corrected chi connectivity index (χ3v) is 4.63. The minimum atomic E-state index is -4.15. The van der Waals surface area contributed by atoms with Crippen LogP contribution in [-0.2, 0) is 10.0 Å². The van der Waals surface area contributed by atoms with E-state index in [1.54, 1.807) is 6.92 Å². The molecule has 0 aliphatic heterocycles. The lowest BCUT2D eigenvalue weighted by Crippen LogP contribution is -2.15. The van der Waals surface area contributed by atoms with Gasteiger partial charge < -0.3 is 5.43 Å². The normalized spacial score (nSPS) is 11.1. The Kier molecular flexibility index (Phi) is 4.02. The Balaban J connectivity index is 2.46. The van der Waals surface area contributed by atoms with E-state index in [0.29, 0.717) is 5.01 Å². The van der Waals surface area contributed by atoms with E-state index in [2.05, 4.69) is 20.3 Å². The van der Waals surface area contributed by atoms with Crippen LogP contribution in [0, 0.1) is 17.0 Å². The minimum absolute atomic E-state index is 0.0304. The molecule has 0 radical (unpaired) electrons. The molecule has 2 aromatic rings. The van der Waals surface area contributed by atoms with Crippen LogP contribution in [0.25, 0.3) is 0 Å². The van der Waals surface area contributed by atoms with Crippen molar-refractivity contribution in [2.24, 2.45) is 5.84 Å². The maximum absolute atomic E-state index is 12.2. The lowest BCUT2D eigenvalue weighted by atomic mass is 10.3. The van der Waals surface area contributed by atoms with Crippen molar-refractivity contribution in [3.05, 3.63) is 33.3 Å². The van der Waals surface area contributed by atoms with E-state index >= 15 is 0 Å². The molecule has 2 rings (SSSR count). The molecule has 0 unspecified atom stereocenters. The van der Waals surface area contributed by atoms with Crippen LogP contribution in [0.5, 0.6) is 0 Å². The molecule has 10 nitrogen and oxygen atoms in total. The van der Waals surface area contributed by atoms with Crippen molar-refractivity contribution < 1.29 is 13.3 Å². The molecule has 1 heterocycles. The average Bonchev–Trinajstić information content (AvgIpc) is 2.82. The first-order chi connectivity index (χ1) is 9.83. The molecule has 1 aromatic heterocycles. The van der Waals surface area contributed by atoms with Crippen molar-refractivity contribution in [2.45, 2.75) is 11.8 Å². The zero-order valence-corrected chi connectivity index (χ0v) is 12.2. The quantitative estimate of drug-likeness (QED) is 0.414. The smallest absolute Gasteiger partial charge is 0.291 e. The van der Waals surface area contributed by atoms with Crippen LogP contribution in [0.3, 0.4) is 0 Å². The Bertz CT molecular complexity index is 787. The van der Waals surface area contributed by atoms with E-state index in [1.807, 2.05) is 0 Å². The van der Waals surface area contributed by atoms with Gasteiger partial charge in [0.2, 0.25) is 5.13 Å². The summed E-state index contributed by atoms with van der Waals surface area (Å²) in [5.74, 6) is 5.15. The average molecular weight is 330 g/mol. The number of sulfonamides is 1. The van der Waals surface area contributed by atoms with Gasteiger partial charge in [-0.2, -0.15) is 0 Å². The van der Waals surface area contributed by atoms with Gasteiger partial charge >= 0.3 is 0 Å². The first kappa shape index (κ1) is 15.1. The molecule has 0 amide bonds. The molecule has 0 aliphatic carbocycles. The highest BCUT2D eigenvalue weighted by Gasteiger charge is 2.27. The Labute approximate surface area is 123 Å². The van der Waals surface area contributed by atoms with Gasteiger partial charge in [-0.15, -0.1) is 10.2 Å². The fourth-order valence-electron chi connectivity index (χ4n) is 1.48. The Morgan fingerprint density at radius 1 is 1.38 bits per heavy atom. The fraction of sp³-hybridized carbons (Fsp3) is 0.111. The SMILES string of the molecule is Cc1nnc(NS(=O)(=O)c2ccc(NN)cc2[N+](=O)[O-])s1. The van der Waals surface area contributed by atoms with Gasteiger partial charge in [-0.25, -0.2) is 8.42 Å². The predicted octanol–water partition coefficient (Wildman–Crippen LogP) is 0.841. The second kappa shape index (κ2) is 5.59. The molecule has 1 aromatic carbocycles. The van der Waals surface area contributed by atoms with E-state index in [9.17, 15) is 18.5 Å². The van der Waals surface area contributed by atoms with Crippen molar-refractivity contribution in [1.82, 2.24) is 10.2 Å². The fourth-order valence-corrected chi connectivity index (χ4v) is 3.46. The Morgan fingerprint density at radius 2 is 2.10 bits per heavy atom. The van der Waals surface area contributed by atoms with E-state index in [-0.39, 0.29) is 10.8 Å². The lowest BCUT2D eigenvalue weighted by molar-refractivity contribution is -0.387. The summed E-state index contributed by atoms with van der Waals surface area (Å²) in [7, 11) is -4.15. The summed E-state index contributed by atoms with van der Waals surface area (Å²) in [5, 5.41) is 18.9.